The number of rotatable bonds is 7. The van der Waals surface area contributed by atoms with Gasteiger partial charge in [0.1, 0.15) is 6.79 Å². The minimum absolute atomic E-state index is 0.423. The molecule has 3 aliphatic rings. The molecule has 3 nitrogen and oxygen atoms in total. The molecule has 1 aliphatic heterocycles. The zero-order chi connectivity index (χ0) is 17.8. The smallest absolute Gasteiger partial charge is 0.146 e. The standard InChI is InChI=1S/C20H38O3Si/c1-19(2,3)24(20(4,5)6)17-14-10-15(16(11-14)18(17)24)12-23-13-22-9-8-21-7/h14-18H,8-13H2,1-7H3/t14-,15-,16-,17+,18-/m1/s1. The monoisotopic (exact) mass is 354 g/mol. The predicted molar refractivity (Wildman–Crippen MR) is 101 cm³/mol. The molecule has 2 bridgehead atoms. The summed E-state index contributed by atoms with van der Waals surface area (Å²) in [5.74, 6) is 2.71. The van der Waals surface area contributed by atoms with Crippen molar-refractivity contribution < 1.29 is 14.2 Å². The van der Waals surface area contributed by atoms with Crippen LogP contribution in [0.15, 0.2) is 0 Å². The Morgan fingerprint density at radius 3 is 2.12 bits per heavy atom. The van der Waals surface area contributed by atoms with Crippen molar-refractivity contribution in [2.24, 2.45) is 17.8 Å². The minimum Gasteiger partial charge on any atom is -0.382 e. The number of ether oxygens (including phenoxy) is 3. The van der Waals surface area contributed by atoms with Crippen LogP contribution in [0.5, 0.6) is 0 Å². The van der Waals surface area contributed by atoms with Crippen molar-refractivity contribution in [3.8, 4) is 0 Å². The first-order chi connectivity index (χ1) is 11.2. The van der Waals surface area contributed by atoms with E-state index in [0.717, 1.165) is 35.4 Å². The summed E-state index contributed by atoms with van der Waals surface area (Å²) in [7, 11) is 0.424. The van der Waals surface area contributed by atoms with E-state index in [0.29, 0.717) is 30.1 Å². The first kappa shape index (κ1) is 18.9. The lowest BCUT2D eigenvalue weighted by molar-refractivity contribution is -0.0783. The molecule has 0 radical (unpaired) electrons. The highest BCUT2D eigenvalue weighted by Gasteiger charge is 2.83. The largest absolute Gasteiger partial charge is 0.382 e. The second-order valence-electron chi connectivity index (χ2n) is 10.5. The Morgan fingerprint density at radius 1 is 0.875 bits per heavy atom. The number of fused-ring (bicyclic) bond motifs is 5. The molecule has 2 saturated carbocycles. The molecule has 0 aromatic rings. The van der Waals surface area contributed by atoms with Crippen LogP contribution in [0.4, 0.5) is 0 Å². The van der Waals surface area contributed by atoms with E-state index in [2.05, 4.69) is 41.5 Å². The maximum Gasteiger partial charge on any atom is 0.146 e. The van der Waals surface area contributed by atoms with Gasteiger partial charge in [0.25, 0.3) is 0 Å². The lowest BCUT2D eigenvalue weighted by atomic mass is 9.90. The van der Waals surface area contributed by atoms with Crippen LogP contribution in [0.3, 0.4) is 0 Å². The summed E-state index contributed by atoms with van der Waals surface area (Å²) in [6.45, 7) is 17.8. The SMILES string of the molecule is COCCOCOC[C@H]1C[C@@H]2C[C@H]1[C@@H]1[C@H]2[Si]1(C(C)(C)C)C(C)(C)C. The zero-order valence-electron chi connectivity index (χ0n) is 16.9. The molecule has 0 amide bonds. The third-order valence-corrected chi connectivity index (χ3v) is 15.8. The van der Waals surface area contributed by atoms with E-state index in [-0.39, 0.29) is 0 Å². The van der Waals surface area contributed by atoms with Crippen molar-refractivity contribution >= 4 is 8.07 Å². The molecule has 0 aromatic heterocycles. The molecule has 0 unspecified atom stereocenters. The van der Waals surface area contributed by atoms with E-state index in [1.807, 2.05) is 0 Å². The van der Waals surface area contributed by atoms with E-state index in [4.69, 9.17) is 14.2 Å². The molecular formula is C20H38O3Si. The summed E-state index contributed by atoms with van der Waals surface area (Å²) in [5.41, 5.74) is 2.15. The molecule has 0 aromatic carbocycles. The summed E-state index contributed by atoms with van der Waals surface area (Å²) in [5, 5.41) is 1.05. The van der Waals surface area contributed by atoms with Gasteiger partial charge in [0, 0.05) is 7.11 Å². The summed E-state index contributed by atoms with van der Waals surface area (Å²) in [4.78, 5) is 0. The quantitative estimate of drug-likeness (QED) is 0.362. The van der Waals surface area contributed by atoms with Gasteiger partial charge < -0.3 is 14.2 Å². The molecule has 0 spiro atoms. The highest BCUT2D eigenvalue weighted by molar-refractivity contribution is 6.97. The zero-order valence-corrected chi connectivity index (χ0v) is 17.9. The van der Waals surface area contributed by atoms with Gasteiger partial charge in [-0.1, -0.05) is 41.5 Å². The van der Waals surface area contributed by atoms with Crippen LogP contribution in [-0.2, 0) is 14.2 Å². The van der Waals surface area contributed by atoms with Crippen molar-refractivity contribution in [1.29, 1.82) is 0 Å². The lowest BCUT2D eigenvalue weighted by Crippen LogP contribution is -2.43. The highest BCUT2D eigenvalue weighted by Crippen LogP contribution is 2.89. The molecule has 4 heteroatoms. The first-order valence-corrected chi connectivity index (χ1v) is 12.0. The molecule has 1 saturated heterocycles. The highest BCUT2D eigenvalue weighted by atomic mass is 28.3. The van der Waals surface area contributed by atoms with Crippen molar-refractivity contribution in [3.05, 3.63) is 0 Å². The van der Waals surface area contributed by atoms with E-state index in [1.165, 1.54) is 12.8 Å². The van der Waals surface area contributed by atoms with Gasteiger partial charge in [-0.25, -0.2) is 0 Å². The van der Waals surface area contributed by atoms with Crippen LogP contribution in [0.1, 0.15) is 54.4 Å². The summed E-state index contributed by atoms with van der Waals surface area (Å²) in [6, 6.07) is 0. The minimum atomic E-state index is -1.28. The number of methoxy groups -OCH3 is 1. The molecule has 24 heavy (non-hydrogen) atoms. The fraction of sp³-hybridized carbons (Fsp3) is 1.00. The topological polar surface area (TPSA) is 27.7 Å². The average Bonchev–Trinajstić information content (AvgIpc) is 2.91. The Bertz CT molecular complexity index is 437. The fourth-order valence-corrected chi connectivity index (χ4v) is 17.7. The van der Waals surface area contributed by atoms with Gasteiger partial charge in [-0.2, -0.15) is 0 Å². The molecular weight excluding hydrogens is 316 g/mol. The van der Waals surface area contributed by atoms with Gasteiger partial charge in [-0.05, 0) is 51.8 Å². The van der Waals surface area contributed by atoms with Crippen LogP contribution in [0.25, 0.3) is 0 Å². The van der Waals surface area contributed by atoms with Crippen LogP contribution >= 0.6 is 0 Å². The number of hydrogen-bond acceptors (Lipinski definition) is 3. The van der Waals surface area contributed by atoms with Gasteiger partial charge in [0.05, 0.1) is 27.9 Å². The normalized spacial score (nSPS) is 36.9. The molecule has 0 N–H and O–H groups in total. The van der Waals surface area contributed by atoms with Crippen molar-refractivity contribution in [3.63, 3.8) is 0 Å². The third kappa shape index (κ3) is 2.72. The Kier molecular flexibility index (Phi) is 5.00. The van der Waals surface area contributed by atoms with Crippen LogP contribution in [0.2, 0.25) is 21.2 Å². The van der Waals surface area contributed by atoms with E-state index in [1.54, 1.807) is 7.11 Å². The first-order valence-electron chi connectivity index (χ1n) is 9.80. The average molecular weight is 355 g/mol. The fourth-order valence-electron chi connectivity index (χ4n) is 7.42. The summed E-state index contributed by atoms with van der Waals surface area (Å²) in [6.07, 6.45) is 2.89. The molecule has 140 valence electrons. The molecule has 1 heterocycles. The van der Waals surface area contributed by atoms with E-state index < -0.39 is 8.07 Å². The third-order valence-electron chi connectivity index (χ3n) is 7.50. The van der Waals surface area contributed by atoms with Gasteiger partial charge in [-0.3, -0.25) is 0 Å². The molecule has 3 fully saturated rings. The Hall–Kier alpha value is 0.0969. The number of hydrogen-bond donors (Lipinski definition) is 0. The van der Waals surface area contributed by atoms with E-state index >= 15 is 0 Å². The summed E-state index contributed by atoms with van der Waals surface area (Å²) < 4.78 is 16.3. The second kappa shape index (κ2) is 6.36. The second-order valence-corrected chi connectivity index (χ2v) is 16.5. The van der Waals surface area contributed by atoms with Gasteiger partial charge in [0.2, 0.25) is 0 Å². The molecule has 2 aliphatic carbocycles. The van der Waals surface area contributed by atoms with Gasteiger partial charge in [-0.15, -0.1) is 0 Å². The molecule has 3 rings (SSSR count). The Balaban J connectivity index is 1.59. The lowest BCUT2D eigenvalue weighted by Gasteiger charge is -2.44. The van der Waals surface area contributed by atoms with Crippen molar-refractivity contribution in [2.75, 3.05) is 33.7 Å². The van der Waals surface area contributed by atoms with Gasteiger partial charge >= 0.3 is 0 Å². The summed E-state index contributed by atoms with van der Waals surface area (Å²) >= 11 is 0. The maximum absolute atomic E-state index is 5.86. The van der Waals surface area contributed by atoms with Crippen molar-refractivity contribution in [1.82, 2.24) is 0 Å². The van der Waals surface area contributed by atoms with Gasteiger partial charge in [0.15, 0.2) is 0 Å². The van der Waals surface area contributed by atoms with Crippen molar-refractivity contribution in [2.45, 2.75) is 75.5 Å². The Labute approximate surface area is 149 Å². The van der Waals surface area contributed by atoms with Crippen LogP contribution in [0, 0.1) is 17.8 Å². The maximum atomic E-state index is 5.86. The molecule has 5 atom stereocenters. The van der Waals surface area contributed by atoms with E-state index in [9.17, 15) is 0 Å². The predicted octanol–water partition coefficient (Wildman–Crippen LogP) is 5.08. The van der Waals surface area contributed by atoms with Crippen LogP contribution in [-0.4, -0.2) is 41.8 Å². The van der Waals surface area contributed by atoms with Crippen LogP contribution < -0.4 is 0 Å². The Morgan fingerprint density at radius 2 is 1.54 bits per heavy atom.